The number of carbonyl (C=O) groups is 2. The molecule has 0 radical (unpaired) electrons. The van der Waals surface area contributed by atoms with Gasteiger partial charge in [-0.25, -0.2) is 4.79 Å². The fourth-order valence-electron chi connectivity index (χ4n) is 1.70. The van der Waals surface area contributed by atoms with Gasteiger partial charge in [-0.05, 0) is 30.5 Å². The van der Waals surface area contributed by atoms with Crippen molar-refractivity contribution in [2.45, 2.75) is 25.1 Å². The molecule has 0 bridgehead atoms. The summed E-state index contributed by atoms with van der Waals surface area (Å²) in [4.78, 5) is 22.4. The molecule has 1 aromatic carbocycles. The monoisotopic (exact) mass is 310 g/mol. The molecule has 0 aliphatic carbocycles. The number of carboxylic acid groups (broad SMARTS) is 1. The number of benzene rings is 1. The first-order valence-electron chi connectivity index (χ1n) is 5.68. The van der Waals surface area contributed by atoms with Gasteiger partial charge in [0.05, 0.1) is 4.83 Å². The highest BCUT2D eigenvalue weighted by molar-refractivity contribution is 9.10. The lowest BCUT2D eigenvalue weighted by atomic mass is 9.95. The second-order valence-electron chi connectivity index (χ2n) is 3.88. The number of ketones is 1. The molecule has 0 aromatic heterocycles. The molecule has 0 saturated carbocycles. The minimum atomic E-state index is -1.02. The van der Waals surface area contributed by atoms with E-state index in [4.69, 9.17) is 5.11 Å². The normalized spacial score (nSPS) is 12.6. The van der Waals surface area contributed by atoms with Gasteiger partial charge in [-0.3, -0.25) is 4.79 Å². The topological polar surface area (TPSA) is 54.4 Å². The summed E-state index contributed by atoms with van der Waals surface area (Å²) >= 11 is 3.25. The Morgan fingerprint density at radius 1 is 1.44 bits per heavy atom. The molecular formula is C14H15BrO3. The Labute approximate surface area is 115 Å². The highest BCUT2D eigenvalue weighted by Gasteiger charge is 2.16. The van der Waals surface area contributed by atoms with Crippen molar-refractivity contribution in [2.75, 3.05) is 0 Å². The van der Waals surface area contributed by atoms with Crippen LogP contribution in [0.2, 0.25) is 0 Å². The van der Waals surface area contributed by atoms with Crippen molar-refractivity contribution in [2.24, 2.45) is 0 Å². The van der Waals surface area contributed by atoms with E-state index in [0.29, 0.717) is 11.1 Å². The maximum Gasteiger partial charge on any atom is 0.328 e. The van der Waals surface area contributed by atoms with Gasteiger partial charge in [-0.1, -0.05) is 41.1 Å². The van der Waals surface area contributed by atoms with E-state index < -0.39 is 5.97 Å². The van der Waals surface area contributed by atoms with Crippen molar-refractivity contribution in [3.8, 4) is 0 Å². The molecule has 0 aliphatic rings. The summed E-state index contributed by atoms with van der Waals surface area (Å²) in [5, 5.41) is 8.70. The molecule has 0 heterocycles. The smallest absolute Gasteiger partial charge is 0.328 e. The van der Waals surface area contributed by atoms with Gasteiger partial charge in [0.25, 0.3) is 0 Å². The minimum absolute atomic E-state index is 0.0460. The molecule has 18 heavy (non-hydrogen) atoms. The number of hydrogen-bond acceptors (Lipinski definition) is 2. The van der Waals surface area contributed by atoms with E-state index >= 15 is 0 Å². The summed E-state index contributed by atoms with van der Waals surface area (Å²) in [6, 6.07) is 5.44. The number of carboxylic acids is 1. The van der Waals surface area contributed by atoms with Crippen LogP contribution in [0.5, 0.6) is 0 Å². The summed E-state index contributed by atoms with van der Waals surface area (Å²) in [5.74, 6) is -1.07. The lowest BCUT2D eigenvalue weighted by Gasteiger charge is -2.11. The zero-order valence-electron chi connectivity index (χ0n) is 10.3. The van der Waals surface area contributed by atoms with Crippen molar-refractivity contribution in [3.05, 3.63) is 41.0 Å². The molecule has 1 unspecified atom stereocenters. The van der Waals surface area contributed by atoms with Gasteiger partial charge < -0.3 is 5.11 Å². The molecule has 96 valence electrons. The van der Waals surface area contributed by atoms with Crippen molar-refractivity contribution in [1.82, 2.24) is 0 Å². The third-order valence-electron chi connectivity index (χ3n) is 2.60. The predicted octanol–water partition coefficient (Wildman–Crippen LogP) is 3.31. The van der Waals surface area contributed by atoms with Gasteiger partial charge in [0, 0.05) is 11.6 Å². The first kappa shape index (κ1) is 14.6. The fourth-order valence-corrected chi connectivity index (χ4v) is 1.95. The van der Waals surface area contributed by atoms with Crippen LogP contribution in [0.25, 0.3) is 6.08 Å². The number of carbonyl (C=O) groups excluding carboxylic acids is 1. The van der Waals surface area contributed by atoms with Gasteiger partial charge >= 0.3 is 5.97 Å². The maximum absolute atomic E-state index is 12.0. The molecule has 0 saturated heterocycles. The van der Waals surface area contributed by atoms with E-state index in [0.717, 1.165) is 18.1 Å². The van der Waals surface area contributed by atoms with E-state index in [-0.39, 0.29) is 10.6 Å². The van der Waals surface area contributed by atoms with Crippen LogP contribution in [0.15, 0.2) is 24.3 Å². The third-order valence-corrected chi connectivity index (χ3v) is 3.01. The first-order valence-corrected chi connectivity index (χ1v) is 6.60. The summed E-state index contributed by atoms with van der Waals surface area (Å²) < 4.78 is 0. The second-order valence-corrected chi connectivity index (χ2v) is 5.26. The van der Waals surface area contributed by atoms with Crippen LogP contribution in [0.4, 0.5) is 0 Å². The zero-order valence-corrected chi connectivity index (χ0v) is 11.9. The number of aliphatic carboxylic acids is 1. The average molecular weight is 311 g/mol. The Hall–Kier alpha value is -1.42. The lowest BCUT2D eigenvalue weighted by molar-refractivity contribution is -0.131. The van der Waals surface area contributed by atoms with Crippen LogP contribution >= 0.6 is 15.9 Å². The number of Topliss-reactive ketones (excluding diaryl/α,β-unsaturated/α-hetero) is 1. The van der Waals surface area contributed by atoms with Crippen LogP contribution in [0.1, 0.15) is 35.3 Å². The third kappa shape index (κ3) is 3.53. The Morgan fingerprint density at radius 2 is 2.11 bits per heavy atom. The minimum Gasteiger partial charge on any atom is -0.478 e. The van der Waals surface area contributed by atoms with E-state index in [9.17, 15) is 9.59 Å². The summed E-state index contributed by atoms with van der Waals surface area (Å²) in [5.41, 5.74) is 2.21. The molecule has 0 aliphatic heterocycles. The van der Waals surface area contributed by atoms with Crippen LogP contribution in [-0.4, -0.2) is 21.7 Å². The van der Waals surface area contributed by atoms with Crippen molar-refractivity contribution in [3.63, 3.8) is 0 Å². The molecule has 1 rings (SSSR count). The zero-order chi connectivity index (χ0) is 13.7. The number of alkyl halides is 1. The summed E-state index contributed by atoms with van der Waals surface area (Å²) in [7, 11) is 0. The largest absolute Gasteiger partial charge is 0.478 e. The molecule has 0 amide bonds. The van der Waals surface area contributed by atoms with Gasteiger partial charge in [0.1, 0.15) is 0 Å². The Balaban J connectivity index is 3.33. The predicted molar refractivity (Wildman–Crippen MR) is 75.2 cm³/mol. The van der Waals surface area contributed by atoms with Crippen LogP contribution in [-0.2, 0) is 11.2 Å². The number of rotatable bonds is 5. The highest BCUT2D eigenvalue weighted by atomic mass is 79.9. The number of hydrogen-bond donors (Lipinski definition) is 1. The van der Waals surface area contributed by atoms with Crippen molar-refractivity contribution < 1.29 is 14.7 Å². The van der Waals surface area contributed by atoms with E-state index in [1.54, 1.807) is 13.0 Å². The van der Waals surface area contributed by atoms with E-state index in [1.165, 1.54) is 6.08 Å². The van der Waals surface area contributed by atoms with Crippen molar-refractivity contribution in [1.29, 1.82) is 0 Å². The van der Waals surface area contributed by atoms with Gasteiger partial charge in [-0.15, -0.1) is 0 Å². The Morgan fingerprint density at radius 3 is 2.61 bits per heavy atom. The first-order chi connectivity index (χ1) is 8.47. The van der Waals surface area contributed by atoms with E-state index in [1.807, 2.05) is 19.1 Å². The standard InChI is InChI=1S/C14H15BrO3/c1-3-10-5-4-6-12(14(18)9(2)15)11(10)7-8-13(16)17/h4-9H,3H2,1-2H3,(H,16,17). The van der Waals surface area contributed by atoms with Gasteiger partial charge in [0.15, 0.2) is 5.78 Å². The molecule has 1 aromatic rings. The highest BCUT2D eigenvalue weighted by Crippen LogP contribution is 2.21. The molecule has 0 fully saturated rings. The summed E-state index contributed by atoms with van der Waals surface area (Å²) in [6.07, 6.45) is 3.30. The molecule has 1 N–H and O–H groups in total. The quantitative estimate of drug-likeness (QED) is 0.515. The van der Waals surface area contributed by atoms with Crippen LogP contribution < -0.4 is 0 Å². The second kappa shape index (κ2) is 6.50. The Kier molecular flexibility index (Phi) is 5.28. The SMILES string of the molecule is CCc1cccc(C(=O)C(C)Br)c1C=CC(=O)O. The molecule has 0 spiro atoms. The molecule has 1 atom stereocenters. The van der Waals surface area contributed by atoms with Crippen molar-refractivity contribution >= 4 is 33.8 Å². The van der Waals surface area contributed by atoms with E-state index in [2.05, 4.69) is 15.9 Å². The van der Waals surface area contributed by atoms with Crippen LogP contribution in [0.3, 0.4) is 0 Å². The molecular weight excluding hydrogens is 296 g/mol. The van der Waals surface area contributed by atoms with Crippen LogP contribution in [0, 0.1) is 0 Å². The molecule has 3 nitrogen and oxygen atoms in total. The maximum atomic E-state index is 12.0. The average Bonchev–Trinajstić information content (AvgIpc) is 2.34. The fraction of sp³-hybridized carbons (Fsp3) is 0.286. The lowest BCUT2D eigenvalue weighted by Crippen LogP contribution is -2.12. The van der Waals surface area contributed by atoms with Gasteiger partial charge in [-0.2, -0.15) is 0 Å². The summed E-state index contributed by atoms with van der Waals surface area (Å²) in [6.45, 7) is 3.73. The Bertz CT molecular complexity index is 490. The molecule has 4 heteroatoms. The number of halogens is 1. The number of aryl methyl sites for hydroxylation is 1. The van der Waals surface area contributed by atoms with Gasteiger partial charge in [0.2, 0.25) is 0 Å².